The summed E-state index contributed by atoms with van der Waals surface area (Å²) < 4.78 is 0. The number of hydrogen-bond donors (Lipinski definition) is 0. The Labute approximate surface area is 107 Å². The van der Waals surface area contributed by atoms with Gasteiger partial charge in [0.1, 0.15) is 5.91 Å². The Morgan fingerprint density at radius 2 is 2.00 bits per heavy atom. The fourth-order valence-electron chi connectivity index (χ4n) is 1.44. The number of carbonyl (C=O) groups is 2. The van der Waals surface area contributed by atoms with E-state index in [1.165, 1.54) is 7.05 Å². The summed E-state index contributed by atoms with van der Waals surface area (Å²) in [4.78, 5) is 23.6. The van der Waals surface area contributed by atoms with Crippen molar-refractivity contribution >= 4 is 11.8 Å². The predicted octanol–water partition coefficient (Wildman–Crippen LogP) is 1.15. The van der Waals surface area contributed by atoms with Gasteiger partial charge < -0.3 is 9.69 Å². The van der Waals surface area contributed by atoms with Gasteiger partial charge in [-0.2, -0.15) is 6.08 Å². The molecule has 0 fully saturated rings. The van der Waals surface area contributed by atoms with E-state index in [0.717, 1.165) is 17.7 Å². The molecule has 0 bridgehead atoms. The van der Waals surface area contributed by atoms with Crippen LogP contribution in [0.15, 0.2) is 5.57 Å². The van der Waals surface area contributed by atoms with Crippen LogP contribution in [0.4, 0.5) is 0 Å². The third-order valence-electron chi connectivity index (χ3n) is 2.30. The van der Waals surface area contributed by atoms with Crippen molar-refractivity contribution in [2.75, 3.05) is 7.05 Å². The van der Waals surface area contributed by atoms with Gasteiger partial charge in [-0.15, -0.1) is 5.57 Å². The molecule has 1 rings (SSSR count). The molecule has 0 aromatic carbocycles. The van der Waals surface area contributed by atoms with Crippen LogP contribution in [0.25, 0.3) is 0 Å². The molecule has 4 heteroatoms. The van der Waals surface area contributed by atoms with E-state index in [1.54, 1.807) is 0 Å². The fourth-order valence-corrected chi connectivity index (χ4v) is 1.44. The summed E-state index contributed by atoms with van der Waals surface area (Å²) in [6.07, 6.45) is 4.53. The molecule has 0 spiro atoms. The SMILES string of the molecule is CCCC(C)C1=[C-]C(=O)N(C)C1=O.[Np]. The topological polar surface area (TPSA) is 37.4 Å². The third kappa shape index (κ3) is 2.69. The number of nitrogens with zero attached hydrogens (tertiary/aromatic N) is 1. The average molecular weight is 417 g/mol. The Balaban J connectivity index is 0.00000169. The number of amides is 2. The van der Waals surface area contributed by atoms with Crippen LogP contribution in [0.2, 0.25) is 0 Å². The molecule has 0 N–H and O–H groups in total. The van der Waals surface area contributed by atoms with Gasteiger partial charge in [-0.25, -0.2) is 0 Å². The Hall–Kier alpha value is -0.107. The summed E-state index contributed by atoms with van der Waals surface area (Å²) in [7, 11) is 1.49. The van der Waals surface area contributed by atoms with Crippen molar-refractivity contribution in [1.29, 1.82) is 0 Å². The largest absolute Gasteiger partial charge is 0.383 e. The summed E-state index contributed by atoms with van der Waals surface area (Å²) in [6, 6.07) is 0. The van der Waals surface area contributed by atoms with Gasteiger partial charge in [0.2, 0.25) is 0 Å². The molecule has 3 nitrogen and oxygen atoms in total. The van der Waals surface area contributed by atoms with E-state index >= 15 is 0 Å². The van der Waals surface area contributed by atoms with Crippen LogP contribution < -0.4 is 0 Å². The number of rotatable bonds is 3. The molecule has 1 aliphatic rings. The van der Waals surface area contributed by atoms with E-state index in [0.29, 0.717) is 5.57 Å². The van der Waals surface area contributed by atoms with E-state index in [1.807, 2.05) is 6.92 Å². The molecular weight excluding hydrogens is 403 g/mol. The standard InChI is InChI=1S/C10H14NO2.Np/c1-4-5-7(2)8-6-9(12)11(3)10(8)13;/h7H,4-5H2,1-3H3;/q-1;. The molecular formula is C10H14NNpO2-. The van der Waals surface area contributed by atoms with Crippen LogP contribution in [0.5, 0.6) is 0 Å². The van der Waals surface area contributed by atoms with Crippen molar-refractivity contribution in [3.8, 4) is 0 Å². The van der Waals surface area contributed by atoms with E-state index < -0.39 is 0 Å². The molecule has 0 aliphatic carbocycles. The van der Waals surface area contributed by atoms with Crippen molar-refractivity contribution in [3.05, 3.63) is 11.6 Å². The minimum absolute atomic E-state index is 0. The quantitative estimate of drug-likeness (QED) is 0.511. The van der Waals surface area contributed by atoms with E-state index in [2.05, 4.69) is 13.0 Å². The number of imide groups is 1. The molecule has 1 heterocycles. The summed E-state index contributed by atoms with van der Waals surface area (Å²) >= 11 is 0. The number of likely N-dealkylation sites (N-methyl/N-ethyl adjacent to an activating group) is 1. The second kappa shape index (κ2) is 5.70. The molecule has 77 valence electrons. The molecule has 1 unspecified atom stereocenters. The maximum absolute atomic E-state index is 11.4. The molecule has 1 atom stereocenters. The Morgan fingerprint density at radius 1 is 1.43 bits per heavy atom. The van der Waals surface area contributed by atoms with Crippen molar-refractivity contribution in [2.45, 2.75) is 26.7 Å². The van der Waals surface area contributed by atoms with Crippen molar-refractivity contribution in [3.63, 3.8) is 0 Å². The smallest absolute Gasteiger partial charge is 0.146 e. The summed E-state index contributed by atoms with van der Waals surface area (Å²) in [5.41, 5.74) is 0.536. The van der Waals surface area contributed by atoms with Crippen LogP contribution in [-0.4, -0.2) is 23.8 Å². The van der Waals surface area contributed by atoms with E-state index in [9.17, 15) is 9.59 Å². The van der Waals surface area contributed by atoms with Gasteiger partial charge in [0.15, 0.2) is 0 Å². The monoisotopic (exact) mass is 416 g/mol. The van der Waals surface area contributed by atoms with Gasteiger partial charge in [-0.1, -0.05) is 20.3 Å². The Bertz CT molecular complexity index is 273. The summed E-state index contributed by atoms with van der Waals surface area (Å²) in [5.74, 6) is -0.361. The van der Waals surface area contributed by atoms with Gasteiger partial charge in [0.25, 0.3) is 0 Å². The van der Waals surface area contributed by atoms with Crippen LogP contribution in [0.3, 0.4) is 0 Å². The third-order valence-corrected chi connectivity index (χ3v) is 2.30. The summed E-state index contributed by atoms with van der Waals surface area (Å²) in [5, 5.41) is 0. The van der Waals surface area contributed by atoms with Gasteiger partial charge in [-0.3, -0.25) is 4.79 Å². The van der Waals surface area contributed by atoms with Gasteiger partial charge in [0.05, 0.1) is 5.91 Å². The normalized spacial score (nSPS) is 17.9. The molecule has 0 saturated carbocycles. The maximum Gasteiger partial charge on any atom is 0.146 e. The van der Waals surface area contributed by atoms with Crippen molar-refractivity contribution < 1.29 is 39.5 Å². The zero-order valence-corrected chi connectivity index (χ0v) is 12.4. The first-order chi connectivity index (χ1) is 6.07. The Morgan fingerprint density at radius 3 is 2.36 bits per heavy atom. The number of carbonyl (C=O) groups excluding carboxylic acids is 2. The first-order valence-electron chi connectivity index (χ1n) is 4.53. The second-order valence-corrected chi connectivity index (χ2v) is 3.40. The first-order valence-corrected chi connectivity index (χ1v) is 4.53. The molecule has 0 saturated heterocycles. The minimum atomic E-state index is -0.317. The molecule has 2 amide bonds. The predicted molar refractivity (Wildman–Crippen MR) is 48.6 cm³/mol. The van der Waals surface area contributed by atoms with Crippen molar-refractivity contribution in [1.82, 2.24) is 4.90 Å². The zero-order valence-electron chi connectivity index (χ0n) is 8.70. The van der Waals surface area contributed by atoms with Crippen LogP contribution in [0.1, 0.15) is 26.7 Å². The van der Waals surface area contributed by atoms with Crippen LogP contribution in [-0.2, 0) is 9.59 Å². The number of hydrogen-bond acceptors (Lipinski definition) is 2. The van der Waals surface area contributed by atoms with E-state index in [4.69, 9.17) is 0 Å². The zero-order chi connectivity index (χ0) is 10.0. The molecule has 1 radical (unpaired) electrons. The second-order valence-electron chi connectivity index (χ2n) is 3.40. The maximum atomic E-state index is 11.4. The summed E-state index contributed by atoms with van der Waals surface area (Å²) in [6.45, 7) is 4.01. The van der Waals surface area contributed by atoms with Crippen LogP contribution in [0, 0.1) is 41.9 Å². The average Bonchev–Trinajstić information content (AvgIpc) is 2.33. The molecule has 1 aliphatic heterocycles. The molecule has 0 aromatic heterocycles. The van der Waals surface area contributed by atoms with Crippen molar-refractivity contribution in [2.24, 2.45) is 5.92 Å². The molecule has 0 aromatic rings. The first kappa shape index (κ1) is 13.9. The molecule has 14 heavy (non-hydrogen) atoms. The van der Waals surface area contributed by atoms with Gasteiger partial charge in [0, 0.05) is 29.9 Å². The Kier molecular flexibility index (Phi) is 5.65. The minimum Gasteiger partial charge on any atom is -0.383 e. The van der Waals surface area contributed by atoms with Gasteiger partial charge >= 0.3 is 0 Å². The van der Waals surface area contributed by atoms with Crippen LogP contribution >= 0.6 is 0 Å². The fraction of sp³-hybridized carbons (Fsp3) is 0.600. The van der Waals surface area contributed by atoms with E-state index in [-0.39, 0.29) is 47.7 Å². The van der Waals surface area contributed by atoms with Gasteiger partial charge in [-0.05, 0) is 19.4 Å².